The van der Waals surface area contributed by atoms with E-state index in [0.29, 0.717) is 0 Å². The van der Waals surface area contributed by atoms with Crippen LogP contribution in [0.5, 0.6) is 0 Å². The fourth-order valence-corrected chi connectivity index (χ4v) is 1.95. The van der Waals surface area contributed by atoms with E-state index < -0.39 is 0 Å². The zero-order chi connectivity index (χ0) is 9.97. The predicted molar refractivity (Wildman–Crippen MR) is 60.0 cm³/mol. The molecule has 1 radical (unpaired) electrons. The van der Waals surface area contributed by atoms with Gasteiger partial charge >= 0.3 is 0 Å². The summed E-state index contributed by atoms with van der Waals surface area (Å²) in [7, 11) is 2.15. The highest BCUT2D eigenvalue weighted by Crippen LogP contribution is 2.25. The van der Waals surface area contributed by atoms with Crippen LogP contribution >= 0.6 is 11.6 Å². The minimum atomic E-state index is 0.803. The number of likely N-dealkylation sites (N-methyl/N-ethyl adjacent to an activating group) is 1. The fourth-order valence-electron chi connectivity index (χ4n) is 1.71. The average Bonchev–Trinajstić information content (AvgIpc) is 2.20. The Hall–Kier alpha value is -0.730. The summed E-state index contributed by atoms with van der Waals surface area (Å²) in [6.07, 6.45) is 0. The quantitative estimate of drug-likeness (QED) is 0.697. The zero-order valence-electron chi connectivity index (χ0n) is 8.33. The van der Waals surface area contributed by atoms with Crippen molar-refractivity contribution in [2.24, 2.45) is 0 Å². The van der Waals surface area contributed by atoms with Crippen LogP contribution in [0.1, 0.15) is 0 Å². The Labute approximate surface area is 90.1 Å². The van der Waals surface area contributed by atoms with Crippen molar-refractivity contribution < 1.29 is 0 Å². The molecular weight excluding hydrogens is 196 g/mol. The molecule has 0 aromatic heterocycles. The van der Waals surface area contributed by atoms with Crippen LogP contribution in [-0.4, -0.2) is 38.1 Å². The van der Waals surface area contributed by atoms with Gasteiger partial charge in [-0.25, -0.2) is 0 Å². The summed E-state index contributed by atoms with van der Waals surface area (Å²) in [6, 6.07) is 8.76. The Bertz CT molecular complexity index is 306. The smallest absolute Gasteiger partial charge is 0.0645 e. The van der Waals surface area contributed by atoms with Crippen LogP contribution < -0.4 is 4.90 Å². The van der Waals surface area contributed by atoms with Gasteiger partial charge < -0.3 is 9.80 Å². The van der Waals surface area contributed by atoms with Gasteiger partial charge in [0.15, 0.2) is 0 Å². The van der Waals surface area contributed by atoms with Gasteiger partial charge in [0, 0.05) is 26.2 Å². The topological polar surface area (TPSA) is 6.48 Å². The average molecular weight is 210 g/mol. The SMILES string of the molecule is CN1CCN(c2cc[c]cc2Cl)CC1. The normalized spacial score (nSPS) is 18.6. The van der Waals surface area contributed by atoms with Gasteiger partial charge in [0.2, 0.25) is 0 Å². The molecule has 1 fully saturated rings. The summed E-state index contributed by atoms with van der Waals surface area (Å²) in [6.45, 7) is 4.32. The molecule has 1 aromatic rings. The van der Waals surface area contributed by atoms with Gasteiger partial charge in [-0.2, -0.15) is 0 Å². The molecule has 0 bridgehead atoms. The van der Waals surface area contributed by atoms with E-state index in [9.17, 15) is 0 Å². The Kier molecular flexibility index (Phi) is 2.94. The Morgan fingerprint density at radius 3 is 2.64 bits per heavy atom. The molecule has 1 aliphatic rings. The van der Waals surface area contributed by atoms with Crippen molar-refractivity contribution in [1.82, 2.24) is 4.90 Å². The fraction of sp³-hybridized carbons (Fsp3) is 0.455. The summed E-state index contributed by atoms with van der Waals surface area (Å²) in [4.78, 5) is 4.66. The van der Waals surface area contributed by atoms with E-state index in [4.69, 9.17) is 11.6 Å². The highest BCUT2D eigenvalue weighted by atomic mass is 35.5. The van der Waals surface area contributed by atoms with Crippen LogP contribution in [0.15, 0.2) is 18.2 Å². The number of anilines is 1. The molecule has 1 saturated heterocycles. The van der Waals surface area contributed by atoms with Crippen LogP contribution in [-0.2, 0) is 0 Å². The van der Waals surface area contributed by atoms with Gasteiger partial charge in [-0.05, 0) is 25.2 Å². The number of piperazine rings is 1. The first kappa shape index (κ1) is 9.81. The number of halogens is 1. The van der Waals surface area contributed by atoms with Gasteiger partial charge in [0.1, 0.15) is 0 Å². The summed E-state index contributed by atoms with van der Waals surface area (Å²) in [5.74, 6) is 0. The number of rotatable bonds is 1. The molecule has 1 aromatic carbocycles. The maximum absolute atomic E-state index is 6.11. The van der Waals surface area contributed by atoms with Crippen molar-refractivity contribution >= 4 is 17.3 Å². The molecule has 1 aliphatic heterocycles. The van der Waals surface area contributed by atoms with Crippen LogP contribution in [0.4, 0.5) is 5.69 Å². The van der Waals surface area contributed by atoms with E-state index in [0.717, 1.165) is 36.9 Å². The van der Waals surface area contributed by atoms with Crippen molar-refractivity contribution in [3.8, 4) is 0 Å². The van der Waals surface area contributed by atoms with Crippen LogP contribution in [0.25, 0.3) is 0 Å². The van der Waals surface area contributed by atoms with Crippen molar-refractivity contribution in [2.45, 2.75) is 0 Å². The number of hydrogen-bond acceptors (Lipinski definition) is 2. The molecule has 75 valence electrons. The molecule has 2 nitrogen and oxygen atoms in total. The Morgan fingerprint density at radius 1 is 1.29 bits per heavy atom. The second kappa shape index (κ2) is 4.20. The predicted octanol–water partition coefficient (Wildman–Crippen LogP) is 1.89. The molecule has 14 heavy (non-hydrogen) atoms. The van der Waals surface area contributed by atoms with E-state index in [1.165, 1.54) is 0 Å². The largest absolute Gasteiger partial charge is 0.368 e. The molecule has 3 heteroatoms. The molecule has 0 amide bonds. The number of hydrogen-bond donors (Lipinski definition) is 0. The molecule has 0 atom stereocenters. The molecule has 0 aliphatic carbocycles. The summed E-state index contributed by atoms with van der Waals surface area (Å²) < 4.78 is 0. The highest BCUT2D eigenvalue weighted by molar-refractivity contribution is 6.33. The van der Waals surface area contributed by atoms with Gasteiger partial charge in [-0.3, -0.25) is 0 Å². The third-order valence-corrected chi connectivity index (χ3v) is 2.94. The van der Waals surface area contributed by atoms with E-state index in [1.54, 1.807) is 0 Å². The maximum atomic E-state index is 6.11. The minimum Gasteiger partial charge on any atom is -0.368 e. The molecule has 1 heterocycles. The molecule has 0 unspecified atom stereocenters. The van der Waals surface area contributed by atoms with Crippen molar-refractivity contribution in [2.75, 3.05) is 38.1 Å². The van der Waals surface area contributed by atoms with Gasteiger partial charge in [0.05, 0.1) is 10.7 Å². The lowest BCUT2D eigenvalue weighted by Crippen LogP contribution is -2.44. The second-order valence-electron chi connectivity index (χ2n) is 3.67. The molecule has 0 saturated carbocycles. The zero-order valence-corrected chi connectivity index (χ0v) is 9.09. The van der Waals surface area contributed by atoms with Gasteiger partial charge in [-0.1, -0.05) is 17.7 Å². The number of benzene rings is 1. The Balaban J connectivity index is 2.12. The van der Waals surface area contributed by atoms with Crippen LogP contribution in [0, 0.1) is 6.07 Å². The molecule has 2 rings (SSSR count). The van der Waals surface area contributed by atoms with E-state index in [-0.39, 0.29) is 0 Å². The first-order valence-corrected chi connectivity index (χ1v) is 5.24. The monoisotopic (exact) mass is 209 g/mol. The third-order valence-electron chi connectivity index (χ3n) is 2.64. The lowest BCUT2D eigenvalue weighted by Gasteiger charge is -2.34. The first-order valence-electron chi connectivity index (χ1n) is 4.86. The van der Waals surface area contributed by atoms with E-state index in [1.807, 2.05) is 18.2 Å². The minimum absolute atomic E-state index is 0.803. The first-order chi connectivity index (χ1) is 6.77. The molecular formula is C11H14ClN2. The molecule has 0 N–H and O–H groups in total. The third kappa shape index (κ3) is 2.02. The van der Waals surface area contributed by atoms with E-state index in [2.05, 4.69) is 22.9 Å². The highest BCUT2D eigenvalue weighted by Gasteiger charge is 2.15. The van der Waals surface area contributed by atoms with Gasteiger partial charge in [-0.15, -0.1) is 0 Å². The lowest BCUT2D eigenvalue weighted by molar-refractivity contribution is 0.313. The second-order valence-corrected chi connectivity index (χ2v) is 4.08. The summed E-state index contributed by atoms with van der Waals surface area (Å²) >= 11 is 6.11. The molecule has 0 spiro atoms. The number of nitrogens with zero attached hydrogens (tertiary/aromatic N) is 2. The van der Waals surface area contributed by atoms with Crippen molar-refractivity contribution in [3.05, 3.63) is 29.3 Å². The Morgan fingerprint density at radius 2 is 2.00 bits per heavy atom. The van der Waals surface area contributed by atoms with Crippen molar-refractivity contribution in [3.63, 3.8) is 0 Å². The summed E-state index contributed by atoms with van der Waals surface area (Å²) in [5, 5.41) is 0.803. The van der Waals surface area contributed by atoms with Gasteiger partial charge in [0.25, 0.3) is 0 Å². The maximum Gasteiger partial charge on any atom is 0.0645 e. The standard InChI is InChI=1S/C11H14ClN2/c1-13-6-8-14(9-7-13)11-5-3-2-4-10(11)12/h3-5H,6-9H2,1H3. The van der Waals surface area contributed by atoms with Crippen LogP contribution in [0.3, 0.4) is 0 Å². The van der Waals surface area contributed by atoms with Crippen molar-refractivity contribution in [1.29, 1.82) is 0 Å². The lowest BCUT2D eigenvalue weighted by atomic mass is 10.2. The van der Waals surface area contributed by atoms with E-state index >= 15 is 0 Å². The van der Waals surface area contributed by atoms with Crippen LogP contribution in [0.2, 0.25) is 5.02 Å². The summed E-state index contributed by atoms with van der Waals surface area (Å²) in [5.41, 5.74) is 1.14.